The summed E-state index contributed by atoms with van der Waals surface area (Å²) in [5.74, 6) is 0. The van der Waals surface area contributed by atoms with E-state index in [-0.39, 0.29) is 5.43 Å². The minimum atomic E-state index is 0.156. The lowest BCUT2D eigenvalue weighted by Crippen LogP contribution is -1.98. The van der Waals surface area contributed by atoms with Gasteiger partial charge in [0.2, 0.25) is 5.43 Å². The van der Waals surface area contributed by atoms with Crippen molar-refractivity contribution < 1.29 is 0 Å². The molecule has 0 atom stereocenters. The summed E-state index contributed by atoms with van der Waals surface area (Å²) in [6.45, 7) is 1.99. The molecule has 3 rings (SSSR count). The molecular weight excluding hydrogens is 216 g/mol. The third kappa shape index (κ3) is 1.27. The van der Waals surface area contributed by atoms with E-state index < -0.39 is 0 Å². The third-order valence-electron chi connectivity index (χ3n) is 2.88. The Kier molecular flexibility index (Phi) is 2.04. The number of rotatable bonds is 0. The number of fused-ring (bicyclic) bond motifs is 2. The first kappa shape index (κ1) is 9.55. The first-order valence-corrected chi connectivity index (χ1v) is 6.05. The van der Waals surface area contributed by atoms with Crippen molar-refractivity contribution in [3.05, 3.63) is 57.6 Å². The number of benzene rings is 1. The van der Waals surface area contributed by atoms with E-state index in [0.29, 0.717) is 0 Å². The van der Waals surface area contributed by atoms with Crippen LogP contribution in [0.3, 0.4) is 0 Å². The zero-order chi connectivity index (χ0) is 11.1. The molecule has 0 amide bonds. The third-order valence-corrected chi connectivity index (χ3v) is 3.81. The minimum Gasteiger partial charge on any atom is -0.288 e. The molecule has 0 aliphatic rings. The molecule has 16 heavy (non-hydrogen) atoms. The topological polar surface area (TPSA) is 17.1 Å². The zero-order valence-electron chi connectivity index (χ0n) is 8.86. The fourth-order valence-corrected chi connectivity index (χ4v) is 2.90. The van der Waals surface area contributed by atoms with Gasteiger partial charge in [0.15, 0.2) is 0 Å². The molecule has 0 saturated carbocycles. The molecule has 78 valence electrons. The largest absolute Gasteiger partial charge is 0.288 e. The highest BCUT2D eigenvalue weighted by Crippen LogP contribution is 2.21. The average Bonchev–Trinajstić information content (AvgIpc) is 2.69. The van der Waals surface area contributed by atoms with Crippen molar-refractivity contribution >= 4 is 32.2 Å². The molecule has 0 unspecified atom stereocenters. The van der Waals surface area contributed by atoms with Gasteiger partial charge in [0.1, 0.15) is 0 Å². The maximum atomic E-state index is 12.4. The van der Waals surface area contributed by atoms with Crippen molar-refractivity contribution in [3.8, 4) is 0 Å². The fourth-order valence-electron chi connectivity index (χ4n) is 2.07. The molecule has 0 radical (unpaired) electrons. The van der Waals surface area contributed by atoms with E-state index in [1.807, 2.05) is 48.7 Å². The molecule has 0 saturated heterocycles. The normalized spacial score (nSPS) is 11.1. The SMILES string of the molecule is Cc1cccc2ccc3ccsc3c(=O)c12. The van der Waals surface area contributed by atoms with Gasteiger partial charge < -0.3 is 0 Å². The van der Waals surface area contributed by atoms with Gasteiger partial charge in [-0.2, -0.15) is 0 Å². The van der Waals surface area contributed by atoms with Crippen LogP contribution in [-0.2, 0) is 0 Å². The summed E-state index contributed by atoms with van der Waals surface area (Å²) in [6.07, 6.45) is 0. The van der Waals surface area contributed by atoms with Crippen molar-refractivity contribution in [2.45, 2.75) is 6.92 Å². The highest BCUT2D eigenvalue weighted by Gasteiger charge is 2.04. The predicted octanol–water partition coefficient (Wildman–Crippen LogP) is 3.72. The molecule has 0 aliphatic heterocycles. The van der Waals surface area contributed by atoms with Gasteiger partial charge in [-0.25, -0.2) is 0 Å². The van der Waals surface area contributed by atoms with E-state index in [9.17, 15) is 4.79 Å². The van der Waals surface area contributed by atoms with Gasteiger partial charge >= 0.3 is 0 Å². The molecule has 0 N–H and O–H groups in total. The molecule has 1 nitrogen and oxygen atoms in total. The second-order valence-corrected chi connectivity index (χ2v) is 4.82. The highest BCUT2D eigenvalue weighted by atomic mass is 32.1. The first-order valence-electron chi connectivity index (χ1n) is 5.17. The van der Waals surface area contributed by atoms with E-state index in [0.717, 1.165) is 26.4 Å². The smallest absolute Gasteiger partial charge is 0.204 e. The second kappa shape index (κ2) is 3.42. The Labute approximate surface area is 97.0 Å². The van der Waals surface area contributed by atoms with Gasteiger partial charge in [-0.15, -0.1) is 11.3 Å². The second-order valence-electron chi connectivity index (χ2n) is 3.91. The predicted molar refractivity (Wildman–Crippen MR) is 70.3 cm³/mol. The van der Waals surface area contributed by atoms with E-state index >= 15 is 0 Å². The Bertz CT molecular complexity index is 740. The molecule has 0 spiro atoms. The zero-order valence-corrected chi connectivity index (χ0v) is 9.67. The molecule has 1 heterocycles. The molecule has 2 heteroatoms. The lowest BCUT2D eigenvalue weighted by atomic mass is 10.1. The lowest BCUT2D eigenvalue weighted by Gasteiger charge is -1.95. The summed E-state index contributed by atoms with van der Waals surface area (Å²) in [7, 11) is 0. The van der Waals surface area contributed by atoms with E-state index in [2.05, 4.69) is 0 Å². The van der Waals surface area contributed by atoms with Gasteiger partial charge in [-0.1, -0.05) is 30.3 Å². The van der Waals surface area contributed by atoms with Crippen LogP contribution in [0.4, 0.5) is 0 Å². The van der Waals surface area contributed by atoms with Crippen LogP contribution in [0.15, 0.2) is 46.6 Å². The van der Waals surface area contributed by atoms with Gasteiger partial charge in [-0.3, -0.25) is 4.79 Å². The van der Waals surface area contributed by atoms with E-state index in [1.54, 1.807) is 0 Å². The van der Waals surface area contributed by atoms with Crippen LogP contribution in [0, 0.1) is 6.92 Å². The molecule has 2 aromatic carbocycles. The summed E-state index contributed by atoms with van der Waals surface area (Å²) in [5.41, 5.74) is 1.21. The quantitative estimate of drug-likeness (QED) is 0.571. The first-order chi connectivity index (χ1) is 7.77. The summed E-state index contributed by atoms with van der Waals surface area (Å²) in [5, 5.41) is 4.87. The molecular formula is C14H10OS. The summed E-state index contributed by atoms with van der Waals surface area (Å²) < 4.78 is 0.851. The van der Waals surface area contributed by atoms with Crippen molar-refractivity contribution in [1.29, 1.82) is 0 Å². The Morgan fingerprint density at radius 1 is 1.00 bits per heavy atom. The number of hydrogen-bond donors (Lipinski definition) is 0. The van der Waals surface area contributed by atoms with E-state index in [1.165, 1.54) is 11.3 Å². The Balaban J connectivity index is 2.72. The molecule has 3 aromatic rings. The van der Waals surface area contributed by atoms with Crippen LogP contribution in [0.5, 0.6) is 0 Å². The summed E-state index contributed by atoms with van der Waals surface area (Å²) >= 11 is 1.52. The van der Waals surface area contributed by atoms with Crippen molar-refractivity contribution in [3.63, 3.8) is 0 Å². The average molecular weight is 226 g/mol. The van der Waals surface area contributed by atoms with Gasteiger partial charge in [0.05, 0.1) is 4.70 Å². The van der Waals surface area contributed by atoms with Gasteiger partial charge in [0.25, 0.3) is 0 Å². The summed E-state index contributed by atoms with van der Waals surface area (Å²) in [4.78, 5) is 12.4. The lowest BCUT2D eigenvalue weighted by molar-refractivity contribution is 1.53. The molecule has 0 fully saturated rings. The fraction of sp³-hybridized carbons (Fsp3) is 0.0714. The minimum absolute atomic E-state index is 0.156. The number of aryl methyl sites for hydroxylation is 1. The van der Waals surface area contributed by atoms with Gasteiger partial charge in [-0.05, 0) is 34.7 Å². The standard InChI is InChI=1S/C14H10OS/c1-9-3-2-4-10-5-6-11-7-8-16-14(11)13(15)12(9)10/h2-8H,1H3. The molecule has 0 aliphatic carbocycles. The van der Waals surface area contributed by atoms with Crippen LogP contribution >= 0.6 is 11.3 Å². The molecule has 1 aromatic heterocycles. The molecule has 0 bridgehead atoms. The van der Waals surface area contributed by atoms with Crippen LogP contribution in [0.1, 0.15) is 5.56 Å². The maximum Gasteiger partial charge on any atom is 0.204 e. The van der Waals surface area contributed by atoms with Crippen molar-refractivity contribution in [1.82, 2.24) is 0 Å². The Morgan fingerprint density at radius 3 is 2.69 bits per heavy atom. The van der Waals surface area contributed by atoms with Crippen LogP contribution in [-0.4, -0.2) is 0 Å². The van der Waals surface area contributed by atoms with Crippen LogP contribution in [0.2, 0.25) is 0 Å². The number of thiophene rings is 1. The Morgan fingerprint density at radius 2 is 1.81 bits per heavy atom. The van der Waals surface area contributed by atoms with E-state index in [4.69, 9.17) is 0 Å². The van der Waals surface area contributed by atoms with Crippen LogP contribution in [0.25, 0.3) is 20.9 Å². The number of hydrogen-bond acceptors (Lipinski definition) is 2. The van der Waals surface area contributed by atoms with Gasteiger partial charge in [0, 0.05) is 5.39 Å². The maximum absolute atomic E-state index is 12.4. The highest BCUT2D eigenvalue weighted by molar-refractivity contribution is 7.17. The summed E-state index contributed by atoms with van der Waals surface area (Å²) in [6, 6.07) is 12.0. The monoisotopic (exact) mass is 226 g/mol. The Hall–Kier alpha value is -1.67. The van der Waals surface area contributed by atoms with Crippen molar-refractivity contribution in [2.75, 3.05) is 0 Å². The van der Waals surface area contributed by atoms with Crippen LogP contribution < -0.4 is 5.43 Å². The van der Waals surface area contributed by atoms with Crippen molar-refractivity contribution in [2.24, 2.45) is 0 Å².